The number of hydrogen-bond acceptors (Lipinski definition) is 2. The van der Waals surface area contributed by atoms with Crippen LogP contribution in [0, 0.1) is 0 Å². The number of nitrogens with zero attached hydrogens (tertiary/aromatic N) is 2. The number of halogens is 3. The van der Waals surface area contributed by atoms with Crippen LogP contribution in [-0.4, -0.2) is 53.8 Å². The van der Waals surface area contributed by atoms with E-state index >= 15 is 0 Å². The molecule has 0 bridgehead atoms. The first-order chi connectivity index (χ1) is 10.1. The molecule has 0 atom stereocenters. The predicted octanol–water partition coefficient (Wildman–Crippen LogP) is 3.47. The molecule has 2 rings (SSSR count). The van der Waals surface area contributed by atoms with Gasteiger partial charge >= 0.3 is 0 Å². The van der Waals surface area contributed by atoms with E-state index in [9.17, 15) is 4.79 Å². The summed E-state index contributed by atoms with van der Waals surface area (Å²) in [6.45, 7) is 4.67. The monoisotopic (exact) mass is 392 g/mol. The zero-order valence-corrected chi connectivity index (χ0v) is 14.9. The highest BCUT2D eigenvalue weighted by atomic mass is 79.9. The maximum absolute atomic E-state index is 12.4. The molecule has 3 nitrogen and oxygen atoms in total. The Balaban J connectivity index is 1.92. The molecule has 0 radical (unpaired) electrons. The molecule has 1 saturated heterocycles. The first-order valence-corrected chi connectivity index (χ1v) is 8.98. The van der Waals surface area contributed by atoms with Gasteiger partial charge in [-0.05, 0) is 30.7 Å². The Morgan fingerprint density at radius 3 is 2.67 bits per heavy atom. The highest BCUT2D eigenvalue weighted by molar-refractivity contribution is 9.09. The maximum atomic E-state index is 12.4. The van der Waals surface area contributed by atoms with Crippen LogP contribution in [-0.2, 0) is 11.2 Å². The molecule has 0 aromatic heterocycles. The number of hydrogen-bond donors (Lipinski definition) is 0. The fourth-order valence-corrected chi connectivity index (χ4v) is 3.32. The highest BCUT2D eigenvalue weighted by Gasteiger charge is 2.19. The van der Waals surface area contributed by atoms with E-state index in [1.807, 2.05) is 11.0 Å². The minimum absolute atomic E-state index is 0.161. The van der Waals surface area contributed by atoms with Crippen molar-refractivity contribution < 1.29 is 4.79 Å². The Morgan fingerprint density at radius 2 is 1.95 bits per heavy atom. The Hall–Kier alpha value is -0.290. The van der Waals surface area contributed by atoms with Gasteiger partial charge in [0.1, 0.15) is 0 Å². The number of carbonyl (C=O) groups is 1. The van der Waals surface area contributed by atoms with Gasteiger partial charge in [-0.2, -0.15) is 0 Å². The molecule has 1 fully saturated rings. The van der Waals surface area contributed by atoms with Crippen LogP contribution in [0.15, 0.2) is 18.2 Å². The first kappa shape index (κ1) is 17.1. The van der Waals surface area contributed by atoms with Crippen LogP contribution in [0.25, 0.3) is 0 Å². The molecule has 0 aliphatic carbocycles. The smallest absolute Gasteiger partial charge is 0.227 e. The second-order valence-electron chi connectivity index (χ2n) is 5.19. The molecule has 116 valence electrons. The van der Waals surface area contributed by atoms with Gasteiger partial charge in [0.2, 0.25) is 5.91 Å². The number of benzene rings is 1. The average Bonchev–Trinajstić information content (AvgIpc) is 2.69. The Bertz CT molecular complexity index is 499. The van der Waals surface area contributed by atoms with E-state index in [1.165, 1.54) is 0 Å². The van der Waals surface area contributed by atoms with E-state index in [-0.39, 0.29) is 5.91 Å². The van der Waals surface area contributed by atoms with E-state index < -0.39 is 0 Å². The summed E-state index contributed by atoms with van der Waals surface area (Å²) in [5.41, 5.74) is 0.913. The van der Waals surface area contributed by atoms with E-state index in [1.54, 1.807) is 12.1 Å². The second-order valence-corrected chi connectivity index (χ2v) is 6.80. The molecular formula is C15H19BrCl2N2O. The maximum Gasteiger partial charge on any atom is 0.227 e. The molecule has 0 spiro atoms. The SMILES string of the molecule is O=C(Cc1ccc(Cl)c(Cl)c1)N1CCCN(CCBr)CC1. The lowest BCUT2D eigenvalue weighted by Gasteiger charge is -2.21. The number of alkyl halides is 1. The molecule has 1 heterocycles. The van der Waals surface area contributed by atoms with Crippen molar-refractivity contribution in [2.75, 3.05) is 38.1 Å². The molecule has 1 aliphatic rings. The average molecular weight is 394 g/mol. The third-order valence-corrected chi connectivity index (χ3v) is 4.77. The van der Waals surface area contributed by atoms with Gasteiger partial charge in [0.25, 0.3) is 0 Å². The lowest BCUT2D eigenvalue weighted by Crippen LogP contribution is -2.36. The zero-order chi connectivity index (χ0) is 15.2. The van der Waals surface area contributed by atoms with Crippen molar-refractivity contribution in [1.82, 2.24) is 9.80 Å². The quantitative estimate of drug-likeness (QED) is 0.731. The largest absolute Gasteiger partial charge is 0.341 e. The van der Waals surface area contributed by atoms with Crippen molar-refractivity contribution in [2.24, 2.45) is 0 Å². The molecule has 21 heavy (non-hydrogen) atoms. The Morgan fingerprint density at radius 1 is 1.14 bits per heavy atom. The summed E-state index contributed by atoms with van der Waals surface area (Å²) in [5.74, 6) is 0.161. The zero-order valence-electron chi connectivity index (χ0n) is 11.8. The van der Waals surface area contributed by atoms with E-state index in [2.05, 4.69) is 20.8 Å². The summed E-state index contributed by atoms with van der Waals surface area (Å²) in [4.78, 5) is 16.7. The van der Waals surface area contributed by atoms with Crippen molar-refractivity contribution >= 4 is 45.0 Å². The summed E-state index contributed by atoms with van der Waals surface area (Å²) < 4.78 is 0. The van der Waals surface area contributed by atoms with Gasteiger partial charge in [0.05, 0.1) is 16.5 Å². The standard InChI is InChI=1S/C15H19BrCl2N2O/c16-4-7-19-5-1-6-20(9-8-19)15(21)11-12-2-3-13(17)14(18)10-12/h2-3,10H,1,4-9,11H2. The second kappa shape index (κ2) is 8.37. The van der Waals surface area contributed by atoms with Crippen LogP contribution in [0.4, 0.5) is 0 Å². The normalized spacial score (nSPS) is 16.8. The molecule has 0 N–H and O–H groups in total. The van der Waals surface area contributed by atoms with E-state index in [0.29, 0.717) is 16.5 Å². The van der Waals surface area contributed by atoms with Crippen molar-refractivity contribution in [3.8, 4) is 0 Å². The lowest BCUT2D eigenvalue weighted by atomic mass is 10.1. The topological polar surface area (TPSA) is 23.6 Å². The van der Waals surface area contributed by atoms with Crippen LogP contribution >= 0.6 is 39.1 Å². The Labute approximate surface area is 144 Å². The Kier molecular flexibility index (Phi) is 6.80. The van der Waals surface area contributed by atoms with Gasteiger partial charge in [-0.25, -0.2) is 0 Å². The minimum atomic E-state index is 0.161. The van der Waals surface area contributed by atoms with Crippen molar-refractivity contribution in [3.63, 3.8) is 0 Å². The van der Waals surface area contributed by atoms with Crippen molar-refractivity contribution in [3.05, 3.63) is 33.8 Å². The molecule has 0 unspecified atom stereocenters. The summed E-state index contributed by atoms with van der Waals surface area (Å²) in [6.07, 6.45) is 1.41. The van der Waals surface area contributed by atoms with Gasteiger partial charge in [0, 0.05) is 31.5 Å². The third-order valence-electron chi connectivity index (χ3n) is 3.68. The van der Waals surface area contributed by atoms with Crippen molar-refractivity contribution in [1.29, 1.82) is 0 Å². The van der Waals surface area contributed by atoms with Gasteiger partial charge in [0.15, 0.2) is 0 Å². The molecule has 1 amide bonds. The fraction of sp³-hybridized carbons (Fsp3) is 0.533. The van der Waals surface area contributed by atoms with E-state index in [0.717, 1.165) is 50.0 Å². The number of rotatable bonds is 4. The molecule has 1 aromatic carbocycles. The fourth-order valence-electron chi connectivity index (χ4n) is 2.50. The summed E-state index contributed by atoms with van der Waals surface area (Å²) in [6, 6.07) is 5.38. The summed E-state index contributed by atoms with van der Waals surface area (Å²) >= 11 is 15.4. The van der Waals surface area contributed by atoms with Crippen LogP contribution in [0.2, 0.25) is 10.0 Å². The highest BCUT2D eigenvalue weighted by Crippen LogP contribution is 2.23. The van der Waals surface area contributed by atoms with E-state index in [4.69, 9.17) is 23.2 Å². The molecule has 1 aliphatic heterocycles. The third kappa shape index (κ3) is 5.13. The summed E-state index contributed by atoms with van der Waals surface area (Å²) in [7, 11) is 0. The van der Waals surface area contributed by atoms with Gasteiger partial charge < -0.3 is 9.80 Å². The molecule has 1 aromatic rings. The summed E-state index contributed by atoms with van der Waals surface area (Å²) in [5, 5.41) is 2.00. The number of carbonyl (C=O) groups excluding carboxylic acids is 1. The van der Waals surface area contributed by atoms with Crippen LogP contribution < -0.4 is 0 Å². The van der Waals surface area contributed by atoms with Gasteiger partial charge in [-0.15, -0.1) is 0 Å². The minimum Gasteiger partial charge on any atom is -0.341 e. The van der Waals surface area contributed by atoms with Crippen LogP contribution in [0.3, 0.4) is 0 Å². The predicted molar refractivity (Wildman–Crippen MR) is 91.6 cm³/mol. The first-order valence-electron chi connectivity index (χ1n) is 7.10. The van der Waals surface area contributed by atoms with Crippen molar-refractivity contribution in [2.45, 2.75) is 12.8 Å². The number of amides is 1. The molecule has 0 saturated carbocycles. The lowest BCUT2D eigenvalue weighted by molar-refractivity contribution is -0.130. The molecule has 6 heteroatoms. The molecular weight excluding hydrogens is 375 g/mol. The van der Waals surface area contributed by atoms with Crippen LogP contribution in [0.1, 0.15) is 12.0 Å². The van der Waals surface area contributed by atoms with Crippen LogP contribution in [0.5, 0.6) is 0 Å². The van der Waals surface area contributed by atoms with Gasteiger partial charge in [-0.3, -0.25) is 4.79 Å². The van der Waals surface area contributed by atoms with Gasteiger partial charge in [-0.1, -0.05) is 45.2 Å².